The van der Waals surface area contributed by atoms with Gasteiger partial charge in [0, 0.05) is 28.9 Å². The highest BCUT2D eigenvalue weighted by Gasteiger charge is 2.18. The van der Waals surface area contributed by atoms with Crippen LogP contribution in [0, 0.1) is 0 Å². The number of anilines is 1. The molecule has 0 radical (unpaired) electrons. The Kier molecular flexibility index (Phi) is 6.40. The largest absolute Gasteiger partial charge is 0.494 e. The van der Waals surface area contributed by atoms with Crippen LogP contribution in [0.1, 0.15) is 19.4 Å². The molecular formula is C26H23N5O3S. The zero-order valence-corrected chi connectivity index (χ0v) is 20.1. The van der Waals surface area contributed by atoms with E-state index in [1.54, 1.807) is 12.4 Å². The predicted molar refractivity (Wildman–Crippen MR) is 137 cm³/mol. The first-order chi connectivity index (χ1) is 17.1. The van der Waals surface area contributed by atoms with Crippen molar-refractivity contribution in [3.8, 4) is 22.8 Å². The molecule has 176 valence electrons. The van der Waals surface area contributed by atoms with Crippen molar-refractivity contribution in [2.24, 2.45) is 10.1 Å². The molecule has 0 bridgehead atoms. The van der Waals surface area contributed by atoms with Crippen LogP contribution in [0.15, 0.2) is 82.5 Å². The zero-order chi connectivity index (χ0) is 24.2. The lowest BCUT2D eigenvalue weighted by Crippen LogP contribution is -2.25. The minimum atomic E-state index is -0.176. The van der Waals surface area contributed by atoms with Crippen LogP contribution < -0.4 is 19.6 Å². The van der Waals surface area contributed by atoms with E-state index in [9.17, 15) is 4.79 Å². The van der Waals surface area contributed by atoms with Crippen molar-refractivity contribution in [2.75, 3.05) is 18.5 Å². The molecule has 2 aromatic heterocycles. The van der Waals surface area contributed by atoms with E-state index in [0.29, 0.717) is 22.8 Å². The van der Waals surface area contributed by atoms with E-state index in [1.807, 2.05) is 78.5 Å². The molecule has 9 heteroatoms. The number of carbonyl (C=O) groups excluding carboxylic acids is 1. The van der Waals surface area contributed by atoms with Crippen LogP contribution in [0.4, 0.5) is 11.4 Å². The van der Waals surface area contributed by atoms with Gasteiger partial charge in [-0.15, -0.1) is 11.3 Å². The molecule has 1 N–H and O–H groups in total. The maximum Gasteiger partial charge on any atom is 0.262 e. The molecule has 4 aromatic rings. The molecule has 0 fully saturated rings. The third kappa shape index (κ3) is 4.99. The fourth-order valence-corrected chi connectivity index (χ4v) is 4.44. The van der Waals surface area contributed by atoms with Crippen LogP contribution >= 0.6 is 11.3 Å². The van der Waals surface area contributed by atoms with E-state index in [0.717, 1.165) is 34.0 Å². The van der Waals surface area contributed by atoms with Crippen LogP contribution in [0.3, 0.4) is 0 Å². The minimum absolute atomic E-state index is 0.0184. The Balaban J connectivity index is 1.62. The van der Waals surface area contributed by atoms with Gasteiger partial charge in [-0.2, -0.15) is 5.10 Å². The molecule has 3 heterocycles. The molecule has 0 saturated carbocycles. The number of nitrogens with zero attached hydrogens (tertiary/aromatic N) is 4. The van der Waals surface area contributed by atoms with E-state index in [-0.39, 0.29) is 12.5 Å². The van der Waals surface area contributed by atoms with Gasteiger partial charge in [0.05, 0.1) is 29.4 Å². The number of nitrogens with one attached hydrogen (secondary N) is 1. The van der Waals surface area contributed by atoms with Gasteiger partial charge in [-0.3, -0.25) is 9.78 Å². The van der Waals surface area contributed by atoms with Gasteiger partial charge in [0.1, 0.15) is 11.5 Å². The molecule has 0 aliphatic carbocycles. The van der Waals surface area contributed by atoms with Crippen molar-refractivity contribution in [3.05, 3.63) is 82.7 Å². The van der Waals surface area contributed by atoms with Crippen molar-refractivity contribution in [2.45, 2.75) is 13.8 Å². The number of ether oxygens (including phenoxy) is 2. The number of fused-ring (bicyclic) bond motifs is 1. The quantitative estimate of drug-likeness (QED) is 0.396. The first-order valence-corrected chi connectivity index (χ1v) is 12.0. The van der Waals surface area contributed by atoms with Crippen LogP contribution in [-0.4, -0.2) is 34.5 Å². The molecule has 1 aliphatic heterocycles. The first kappa shape index (κ1) is 22.5. The third-order valence-corrected chi connectivity index (χ3v) is 6.11. The second-order valence-electron chi connectivity index (χ2n) is 7.73. The summed E-state index contributed by atoms with van der Waals surface area (Å²) in [6, 6.07) is 17.2. The van der Waals surface area contributed by atoms with Crippen molar-refractivity contribution in [3.63, 3.8) is 0 Å². The third-order valence-electron chi connectivity index (χ3n) is 5.30. The normalized spacial score (nSPS) is 13.7. The minimum Gasteiger partial charge on any atom is -0.494 e. The number of aromatic nitrogens is 2. The Hall–Kier alpha value is -4.24. The standard InChI is InChI=1S/C26H23N5O3S/c1-3-33-21-9-7-20(8-10-21)28-26-31(30-17(2)19-5-4-12-27-14-19)23(16-35-26)18-6-11-24-22(13-18)29-25(32)15-34-24/h4-14,16H,3,15H2,1-2H3,(H,29,32). The lowest BCUT2D eigenvalue weighted by Gasteiger charge is -2.18. The van der Waals surface area contributed by atoms with E-state index < -0.39 is 0 Å². The summed E-state index contributed by atoms with van der Waals surface area (Å²) < 4.78 is 12.9. The molecule has 5 rings (SSSR count). The average Bonchev–Trinajstić information content (AvgIpc) is 3.27. The van der Waals surface area contributed by atoms with Gasteiger partial charge in [0.25, 0.3) is 5.91 Å². The Labute approximate surface area is 206 Å². The van der Waals surface area contributed by atoms with Crippen LogP contribution in [0.2, 0.25) is 0 Å². The number of carbonyl (C=O) groups is 1. The fraction of sp³-hybridized carbons (Fsp3) is 0.154. The average molecular weight is 486 g/mol. The summed E-state index contributed by atoms with van der Waals surface area (Å²) in [5, 5.41) is 9.77. The number of pyridine rings is 1. The van der Waals surface area contributed by atoms with Gasteiger partial charge in [0.2, 0.25) is 4.80 Å². The highest BCUT2D eigenvalue weighted by atomic mass is 32.1. The van der Waals surface area contributed by atoms with Crippen LogP contribution in [-0.2, 0) is 4.79 Å². The Bertz CT molecular complexity index is 1460. The molecule has 0 atom stereocenters. The number of thiazole rings is 1. The molecule has 0 unspecified atom stereocenters. The van der Waals surface area contributed by atoms with E-state index in [4.69, 9.17) is 19.6 Å². The molecule has 1 aliphatic rings. The number of amides is 1. The maximum atomic E-state index is 11.8. The van der Waals surface area contributed by atoms with Crippen molar-refractivity contribution < 1.29 is 14.3 Å². The zero-order valence-electron chi connectivity index (χ0n) is 19.3. The van der Waals surface area contributed by atoms with Crippen LogP contribution in [0.5, 0.6) is 11.5 Å². The van der Waals surface area contributed by atoms with Gasteiger partial charge < -0.3 is 14.8 Å². The summed E-state index contributed by atoms with van der Waals surface area (Å²) in [5.41, 5.74) is 4.84. The number of hydrogen-bond donors (Lipinski definition) is 1. The Morgan fingerprint density at radius 1 is 1.23 bits per heavy atom. The summed E-state index contributed by atoms with van der Waals surface area (Å²) in [5.74, 6) is 1.27. The first-order valence-electron chi connectivity index (χ1n) is 11.1. The SMILES string of the molecule is CCOc1ccc(N=c2scc(-c3ccc4c(c3)NC(=O)CO4)n2N=C(C)c2cccnc2)cc1. The molecule has 0 spiro atoms. The number of benzene rings is 2. The second-order valence-corrected chi connectivity index (χ2v) is 8.57. The fourth-order valence-electron chi connectivity index (χ4n) is 3.59. The lowest BCUT2D eigenvalue weighted by atomic mass is 10.1. The van der Waals surface area contributed by atoms with E-state index >= 15 is 0 Å². The monoisotopic (exact) mass is 485 g/mol. The Morgan fingerprint density at radius 3 is 2.86 bits per heavy atom. The topological polar surface area (TPSA) is 90.1 Å². The Morgan fingerprint density at radius 2 is 2.09 bits per heavy atom. The van der Waals surface area contributed by atoms with Gasteiger partial charge in [-0.1, -0.05) is 6.07 Å². The summed E-state index contributed by atoms with van der Waals surface area (Å²) in [4.78, 5) is 21.6. The molecular weight excluding hydrogens is 462 g/mol. The highest BCUT2D eigenvalue weighted by molar-refractivity contribution is 7.07. The molecule has 8 nitrogen and oxygen atoms in total. The van der Waals surface area contributed by atoms with Crippen molar-refractivity contribution >= 4 is 34.3 Å². The van der Waals surface area contributed by atoms with Crippen LogP contribution in [0.25, 0.3) is 11.3 Å². The summed E-state index contributed by atoms with van der Waals surface area (Å²) >= 11 is 1.48. The van der Waals surface area contributed by atoms with Crippen molar-refractivity contribution in [1.29, 1.82) is 0 Å². The predicted octanol–water partition coefficient (Wildman–Crippen LogP) is 4.85. The lowest BCUT2D eigenvalue weighted by molar-refractivity contribution is -0.118. The second kappa shape index (κ2) is 9.94. The van der Waals surface area contributed by atoms with E-state index in [2.05, 4.69) is 10.3 Å². The highest BCUT2D eigenvalue weighted by Crippen LogP contribution is 2.33. The van der Waals surface area contributed by atoms with Gasteiger partial charge in [0.15, 0.2) is 6.61 Å². The molecule has 35 heavy (non-hydrogen) atoms. The summed E-state index contributed by atoms with van der Waals surface area (Å²) in [7, 11) is 0. The number of rotatable bonds is 6. The molecule has 2 aromatic carbocycles. The summed E-state index contributed by atoms with van der Waals surface area (Å²) in [6.45, 7) is 4.52. The van der Waals surface area contributed by atoms with Gasteiger partial charge in [-0.25, -0.2) is 9.67 Å². The van der Waals surface area contributed by atoms with Crippen molar-refractivity contribution in [1.82, 2.24) is 9.66 Å². The van der Waals surface area contributed by atoms with Gasteiger partial charge in [-0.05, 0) is 62.4 Å². The van der Waals surface area contributed by atoms with E-state index in [1.165, 1.54) is 11.3 Å². The maximum absolute atomic E-state index is 11.8. The smallest absolute Gasteiger partial charge is 0.262 e. The van der Waals surface area contributed by atoms with Gasteiger partial charge >= 0.3 is 0 Å². The number of hydrogen-bond acceptors (Lipinski definition) is 7. The molecule has 0 saturated heterocycles. The summed E-state index contributed by atoms with van der Waals surface area (Å²) in [6.07, 6.45) is 3.51. The molecule has 1 amide bonds.